The fourth-order valence-corrected chi connectivity index (χ4v) is 6.39. The Bertz CT molecular complexity index is 1460. The fraction of sp³-hybridized carbons (Fsp3) is 0.528. The topological polar surface area (TPSA) is 95.0 Å². The lowest BCUT2D eigenvalue weighted by atomic mass is 9.78. The Morgan fingerprint density at radius 2 is 1.62 bits per heavy atom. The van der Waals surface area contributed by atoms with Crippen LogP contribution >= 0.6 is 0 Å². The summed E-state index contributed by atoms with van der Waals surface area (Å²) in [5.41, 5.74) is 2.87. The predicted molar refractivity (Wildman–Crippen MR) is 173 cm³/mol. The summed E-state index contributed by atoms with van der Waals surface area (Å²) in [5.74, 6) is 2.42. The van der Waals surface area contributed by atoms with Gasteiger partial charge in [0, 0.05) is 37.2 Å². The first kappa shape index (κ1) is 31.1. The molecule has 1 amide bonds. The molecule has 1 aromatic heterocycles. The number of carbonyl (C=O) groups is 1. The second-order valence-corrected chi connectivity index (χ2v) is 14.4. The summed E-state index contributed by atoms with van der Waals surface area (Å²) in [6, 6.07) is 18.7. The summed E-state index contributed by atoms with van der Waals surface area (Å²) in [6.07, 6.45) is 5.19. The smallest absolute Gasteiger partial charge is 0.407 e. The Balaban J connectivity index is 0.999. The van der Waals surface area contributed by atoms with Gasteiger partial charge in [-0.05, 0) is 81.5 Å². The van der Waals surface area contributed by atoms with Gasteiger partial charge in [0.2, 0.25) is 5.95 Å². The molecular weight excluding hydrogens is 568 g/mol. The molecule has 9 nitrogen and oxygen atoms in total. The molecule has 2 aromatic carbocycles. The van der Waals surface area contributed by atoms with E-state index in [0.29, 0.717) is 12.0 Å². The molecule has 0 bridgehead atoms. The summed E-state index contributed by atoms with van der Waals surface area (Å²) >= 11 is 0. The maximum Gasteiger partial charge on any atom is 0.407 e. The molecule has 2 aliphatic heterocycles. The minimum atomic E-state index is -0.507. The van der Waals surface area contributed by atoms with E-state index in [-0.39, 0.29) is 23.7 Å². The number of hydrogen-bond acceptors (Lipinski definition) is 8. The van der Waals surface area contributed by atoms with Gasteiger partial charge in [-0.2, -0.15) is 0 Å². The summed E-state index contributed by atoms with van der Waals surface area (Å²) in [7, 11) is 0. The Morgan fingerprint density at radius 3 is 2.24 bits per heavy atom. The molecular formula is C36H46N4O5. The van der Waals surface area contributed by atoms with Gasteiger partial charge in [0.25, 0.3) is 0 Å². The third-order valence-corrected chi connectivity index (χ3v) is 9.04. The van der Waals surface area contributed by atoms with Crippen molar-refractivity contribution in [3.05, 3.63) is 77.6 Å². The zero-order valence-electron chi connectivity index (χ0n) is 27.2. The van der Waals surface area contributed by atoms with Gasteiger partial charge in [-0.1, -0.05) is 38.1 Å². The molecule has 1 N–H and O–H groups in total. The lowest BCUT2D eigenvalue weighted by molar-refractivity contribution is -0.127. The van der Waals surface area contributed by atoms with E-state index in [4.69, 9.17) is 23.9 Å². The average molecular weight is 615 g/mol. The summed E-state index contributed by atoms with van der Waals surface area (Å²) in [4.78, 5) is 23.6. The van der Waals surface area contributed by atoms with Crippen LogP contribution in [-0.4, -0.2) is 60.1 Å². The number of benzene rings is 2. The van der Waals surface area contributed by atoms with Gasteiger partial charge in [-0.25, -0.2) is 14.8 Å². The fourth-order valence-electron chi connectivity index (χ4n) is 6.39. The molecule has 1 aliphatic carbocycles. The zero-order chi connectivity index (χ0) is 31.7. The number of aromatic nitrogens is 2. The van der Waals surface area contributed by atoms with E-state index in [2.05, 4.69) is 65.4 Å². The molecule has 0 radical (unpaired) electrons. The number of rotatable bonds is 9. The second-order valence-electron chi connectivity index (χ2n) is 14.4. The van der Waals surface area contributed by atoms with Crippen LogP contribution in [0, 0.1) is 5.41 Å². The lowest BCUT2D eigenvalue weighted by Crippen LogP contribution is -2.66. The molecule has 6 rings (SSSR count). The van der Waals surface area contributed by atoms with E-state index in [1.54, 1.807) is 6.20 Å². The standard InChI is InChI=1S/C36H46N4O5/c1-34(2,3)45-33(41)39-27-7-6-8-31(19-27)44-30-15-11-26(12-16-30)35(4,5)25-9-13-29(14-10-25)43-20-28-17-18-37-32(38-28)40-21-36(22-40)23-42-24-36/h9-18,27,31H,6-8,19-24H2,1-5H3,(H,39,41). The van der Waals surface area contributed by atoms with Crippen LogP contribution in [0.4, 0.5) is 10.7 Å². The Kier molecular flexibility index (Phi) is 8.66. The minimum absolute atomic E-state index is 0.0583. The Morgan fingerprint density at radius 1 is 0.956 bits per heavy atom. The SMILES string of the molecule is CC(C)(C)OC(=O)NC1CCCC(Oc2ccc(C(C)(C)c3ccc(OCc4ccnc(N5CC6(COC6)C5)n4)cc3)cc2)C1. The number of nitrogens with one attached hydrogen (secondary N) is 1. The van der Waals surface area contributed by atoms with Crippen LogP contribution in [0.25, 0.3) is 0 Å². The van der Waals surface area contributed by atoms with Crippen LogP contribution in [0.5, 0.6) is 11.5 Å². The van der Waals surface area contributed by atoms with Crippen molar-refractivity contribution in [1.82, 2.24) is 15.3 Å². The van der Waals surface area contributed by atoms with Crippen molar-refractivity contribution < 1.29 is 23.7 Å². The number of anilines is 1. The highest BCUT2D eigenvalue weighted by Gasteiger charge is 2.49. The van der Waals surface area contributed by atoms with E-state index in [1.807, 2.05) is 39.0 Å². The highest BCUT2D eigenvalue weighted by Crippen LogP contribution is 2.39. The molecule has 2 saturated heterocycles. The maximum atomic E-state index is 12.2. The molecule has 3 aromatic rings. The molecule has 3 heterocycles. The molecule has 45 heavy (non-hydrogen) atoms. The van der Waals surface area contributed by atoms with E-state index in [9.17, 15) is 4.79 Å². The average Bonchev–Trinajstić information content (AvgIpc) is 2.95. The first-order valence-corrected chi connectivity index (χ1v) is 16.1. The summed E-state index contributed by atoms with van der Waals surface area (Å²) in [6.45, 7) is 14.1. The van der Waals surface area contributed by atoms with Gasteiger partial charge in [0.1, 0.15) is 29.8 Å². The van der Waals surface area contributed by atoms with Crippen LogP contribution in [0.15, 0.2) is 60.8 Å². The van der Waals surface area contributed by atoms with Gasteiger partial charge in [0.15, 0.2) is 0 Å². The van der Waals surface area contributed by atoms with Crippen molar-refractivity contribution >= 4 is 12.0 Å². The Labute approximate surface area is 266 Å². The zero-order valence-corrected chi connectivity index (χ0v) is 27.2. The Hall–Kier alpha value is -3.85. The van der Waals surface area contributed by atoms with E-state index >= 15 is 0 Å². The molecule has 3 fully saturated rings. The van der Waals surface area contributed by atoms with E-state index in [0.717, 1.165) is 75.1 Å². The first-order chi connectivity index (χ1) is 21.5. The number of amides is 1. The molecule has 3 aliphatic rings. The largest absolute Gasteiger partial charge is 0.490 e. The predicted octanol–water partition coefficient (Wildman–Crippen LogP) is 6.43. The molecule has 240 valence electrons. The van der Waals surface area contributed by atoms with Gasteiger partial charge in [-0.3, -0.25) is 0 Å². The summed E-state index contributed by atoms with van der Waals surface area (Å²) in [5, 5.41) is 3.01. The number of alkyl carbamates (subject to hydrolysis) is 1. The second kappa shape index (κ2) is 12.5. The summed E-state index contributed by atoms with van der Waals surface area (Å²) < 4.78 is 23.2. The van der Waals surface area contributed by atoms with Crippen molar-refractivity contribution in [2.45, 2.75) is 90.1 Å². The third kappa shape index (κ3) is 7.52. The molecule has 9 heteroatoms. The number of hydrogen-bond donors (Lipinski definition) is 1. The number of carbonyl (C=O) groups excluding carboxylic acids is 1. The van der Waals surface area contributed by atoms with Crippen LogP contribution in [0.1, 0.15) is 77.1 Å². The van der Waals surface area contributed by atoms with Gasteiger partial charge >= 0.3 is 6.09 Å². The lowest BCUT2D eigenvalue weighted by Gasteiger charge is -2.54. The quantitative estimate of drug-likeness (QED) is 0.295. The maximum absolute atomic E-state index is 12.2. The highest BCUT2D eigenvalue weighted by atomic mass is 16.6. The van der Waals surface area contributed by atoms with Gasteiger partial charge < -0.3 is 29.2 Å². The van der Waals surface area contributed by atoms with E-state index in [1.165, 1.54) is 11.1 Å². The number of ether oxygens (including phenoxy) is 4. The van der Waals surface area contributed by atoms with Crippen LogP contribution in [0.2, 0.25) is 0 Å². The van der Waals surface area contributed by atoms with Crippen molar-refractivity contribution in [3.8, 4) is 11.5 Å². The van der Waals surface area contributed by atoms with Crippen molar-refractivity contribution in [2.24, 2.45) is 5.41 Å². The molecule has 2 atom stereocenters. The van der Waals surface area contributed by atoms with Crippen molar-refractivity contribution in [3.63, 3.8) is 0 Å². The van der Waals surface area contributed by atoms with Crippen LogP contribution in [0.3, 0.4) is 0 Å². The highest BCUT2D eigenvalue weighted by molar-refractivity contribution is 5.68. The van der Waals surface area contributed by atoms with Crippen molar-refractivity contribution in [1.29, 1.82) is 0 Å². The molecule has 1 saturated carbocycles. The van der Waals surface area contributed by atoms with Crippen LogP contribution < -0.4 is 19.7 Å². The van der Waals surface area contributed by atoms with Crippen molar-refractivity contribution in [2.75, 3.05) is 31.2 Å². The normalized spacial score (nSPS) is 21.0. The van der Waals surface area contributed by atoms with E-state index < -0.39 is 5.60 Å². The number of nitrogens with zero attached hydrogens (tertiary/aromatic N) is 3. The van der Waals surface area contributed by atoms with Gasteiger partial charge in [-0.15, -0.1) is 0 Å². The third-order valence-electron chi connectivity index (χ3n) is 9.04. The molecule has 1 spiro atoms. The first-order valence-electron chi connectivity index (χ1n) is 16.1. The van der Waals surface area contributed by atoms with Crippen LogP contribution in [-0.2, 0) is 21.5 Å². The molecule has 2 unspecified atom stereocenters. The minimum Gasteiger partial charge on any atom is -0.490 e. The van der Waals surface area contributed by atoms with Gasteiger partial charge in [0.05, 0.1) is 24.3 Å². The monoisotopic (exact) mass is 614 g/mol.